The molecule has 0 aliphatic heterocycles. The molecule has 0 fully saturated rings. The van der Waals surface area contributed by atoms with Crippen molar-refractivity contribution in [2.24, 2.45) is 0 Å². The highest BCUT2D eigenvalue weighted by Gasteiger charge is 2.21. The number of hydrogen-bond donors (Lipinski definition) is 0. The minimum absolute atomic E-state index is 0. The summed E-state index contributed by atoms with van der Waals surface area (Å²) in [5.41, 5.74) is 0.882. The van der Waals surface area contributed by atoms with Crippen molar-refractivity contribution in [3.8, 4) is 5.75 Å². The van der Waals surface area contributed by atoms with Crippen molar-refractivity contribution in [1.29, 1.82) is 0 Å². The van der Waals surface area contributed by atoms with Gasteiger partial charge < -0.3 is 9.64 Å². The lowest BCUT2D eigenvalue weighted by molar-refractivity contribution is -0.120. The van der Waals surface area contributed by atoms with Gasteiger partial charge in [-0.05, 0) is 55.6 Å². The van der Waals surface area contributed by atoms with E-state index in [1.807, 2.05) is 18.2 Å². The lowest BCUT2D eigenvalue weighted by Gasteiger charge is -2.24. The number of thiazole rings is 1. The highest BCUT2D eigenvalue weighted by molar-refractivity contribution is 9.10. The number of amides is 1. The van der Waals surface area contributed by atoms with Crippen LogP contribution >= 0.6 is 51.3 Å². The maximum Gasteiger partial charge on any atom is 0.266 e. The Bertz CT molecular complexity index is 965. The topological polar surface area (TPSA) is 45.7 Å². The number of aromatic nitrogens is 1. The van der Waals surface area contributed by atoms with Gasteiger partial charge in [-0.1, -0.05) is 52.7 Å². The molecule has 0 aliphatic carbocycles. The lowest BCUT2D eigenvalue weighted by atomic mass is 10.3. The van der Waals surface area contributed by atoms with E-state index in [0.717, 1.165) is 34.3 Å². The highest BCUT2D eigenvalue weighted by Crippen LogP contribution is 2.31. The van der Waals surface area contributed by atoms with Gasteiger partial charge in [0.05, 0.1) is 10.2 Å². The number of likely N-dealkylation sites (N-methyl/N-ethyl adjacent to an activating group) is 1. The molecule has 0 aliphatic rings. The Morgan fingerprint density at radius 2 is 1.83 bits per heavy atom. The molecule has 0 saturated carbocycles. The molecule has 1 heterocycles. The predicted octanol–water partition coefficient (Wildman–Crippen LogP) is 5.89. The van der Waals surface area contributed by atoms with E-state index in [1.165, 1.54) is 11.3 Å². The van der Waals surface area contributed by atoms with Gasteiger partial charge in [0.2, 0.25) is 0 Å². The Labute approximate surface area is 200 Å². The smallest absolute Gasteiger partial charge is 0.266 e. The van der Waals surface area contributed by atoms with Crippen LogP contribution in [0.1, 0.15) is 13.8 Å². The van der Waals surface area contributed by atoms with Gasteiger partial charge in [0.15, 0.2) is 11.7 Å². The SMILES string of the molecule is CCN(CC)CCN(C(=O)COc1ccc(Cl)cc1)c1nc2ccc(Br)cc2s1.Cl. The van der Waals surface area contributed by atoms with Crippen LogP contribution in [0.4, 0.5) is 5.13 Å². The predicted molar refractivity (Wildman–Crippen MR) is 132 cm³/mol. The first kappa shape index (κ1) is 24.9. The lowest BCUT2D eigenvalue weighted by Crippen LogP contribution is -2.41. The maximum atomic E-state index is 13.0. The zero-order chi connectivity index (χ0) is 20.8. The van der Waals surface area contributed by atoms with Crippen molar-refractivity contribution in [2.45, 2.75) is 13.8 Å². The molecule has 30 heavy (non-hydrogen) atoms. The third kappa shape index (κ3) is 6.56. The number of hydrogen-bond acceptors (Lipinski definition) is 5. The summed E-state index contributed by atoms with van der Waals surface area (Å²) < 4.78 is 7.71. The molecule has 0 radical (unpaired) electrons. The second-order valence-corrected chi connectivity index (χ2v) is 8.78. The maximum absolute atomic E-state index is 13.0. The summed E-state index contributed by atoms with van der Waals surface area (Å²) in [6, 6.07) is 12.9. The standard InChI is InChI=1S/C21H23BrClN3O2S.ClH/c1-3-25(4-2)11-12-26(20(27)14-28-17-8-6-16(23)7-9-17)21-24-18-10-5-15(22)13-19(18)29-21;/h5-10,13H,3-4,11-12,14H2,1-2H3;1H. The summed E-state index contributed by atoms with van der Waals surface area (Å²) in [4.78, 5) is 21.7. The summed E-state index contributed by atoms with van der Waals surface area (Å²) in [5, 5.41) is 1.32. The molecule has 0 N–H and O–H groups in total. The number of nitrogens with zero attached hydrogens (tertiary/aromatic N) is 3. The van der Waals surface area contributed by atoms with Crippen molar-refractivity contribution >= 4 is 72.5 Å². The average Bonchev–Trinajstić information content (AvgIpc) is 3.13. The van der Waals surface area contributed by atoms with E-state index < -0.39 is 0 Å². The van der Waals surface area contributed by atoms with Gasteiger partial charge in [-0.2, -0.15) is 0 Å². The van der Waals surface area contributed by atoms with Crippen LogP contribution in [0.2, 0.25) is 5.02 Å². The first-order valence-corrected chi connectivity index (χ1v) is 11.5. The summed E-state index contributed by atoms with van der Waals surface area (Å²) in [5.74, 6) is 0.491. The Morgan fingerprint density at radius 1 is 1.13 bits per heavy atom. The van der Waals surface area contributed by atoms with Crippen LogP contribution in [0.25, 0.3) is 10.2 Å². The van der Waals surface area contributed by atoms with E-state index >= 15 is 0 Å². The fourth-order valence-corrected chi connectivity index (χ4v) is 4.55. The molecule has 1 aromatic heterocycles. The zero-order valence-electron chi connectivity index (χ0n) is 16.8. The second kappa shape index (κ2) is 11.9. The zero-order valence-corrected chi connectivity index (χ0v) is 20.8. The minimum Gasteiger partial charge on any atom is -0.484 e. The van der Waals surface area contributed by atoms with Gasteiger partial charge in [0.25, 0.3) is 5.91 Å². The number of benzene rings is 2. The first-order valence-electron chi connectivity index (χ1n) is 9.47. The number of anilines is 1. The second-order valence-electron chi connectivity index (χ2n) is 6.42. The number of fused-ring (bicyclic) bond motifs is 1. The third-order valence-corrected chi connectivity index (χ3v) is 6.37. The van der Waals surface area contributed by atoms with Gasteiger partial charge >= 0.3 is 0 Å². The molecule has 162 valence electrons. The van der Waals surface area contributed by atoms with Crippen molar-refractivity contribution in [2.75, 3.05) is 37.7 Å². The Balaban J connectivity index is 0.00000320. The molecular weight excluding hydrogens is 509 g/mol. The third-order valence-electron chi connectivity index (χ3n) is 4.58. The largest absolute Gasteiger partial charge is 0.484 e. The van der Waals surface area contributed by atoms with Gasteiger partial charge in [-0.25, -0.2) is 4.98 Å². The van der Waals surface area contributed by atoms with Gasteiger partial charge in [-0.15, -0.1) is 12.4 Å². The van der Waals surface area contributed by atoms with Gasteiger partial charge in [0.1, 0.15) is 5.75 Å². The molecule has 2 aromatic carbocycles. The fourth-order valence-electron chi connectivity index (χ4n) is 2.86. The van der Waals surface area contributed by atoms with Crippen molar-refractivity contribution in [1.82, 2.24) is 9.88 Å². The molecule has 3 rings (SSSR count). The molecule has 1 amide bonds. The highest BCUT2D eigenvalue weighted by atomic mass is 79.9. The fraction of sp³-hybridized carbons (Fsp3) is 0.333. The molecule has 0 unspecified atom stereocenters. The van der Waals surface area contributed by atoms with Crippen LogP contribution in [0.15, 0.2) is 46.9 Å². The normalized spacial score (nSPS) is 10.8. The summed E-state index contributed by atoms with van der Waals surface area (Å²) in [6.07, 6.45) is 0. The van der Waals surface area contributed by atoms with E-state index in [4.69, 9.17) is 16.3 Å². The molecule has 3 aromatic rings. The first-order chi connectivity index (χ1) is 14.0. The van der Waals surface area contributed by atoms with E-state index in [0.29, 0.717) is 22.4 Å². The van der Waals surface area contributed by atoms with E-state index in [-0.39, 0.29) is 24.9 Å². The molecule has 9 heteroatoms. The number of rotatable bonds is 9. The number of ether oxygens (including phenoxy) is 1. The van der Waals surface area contributed by atoms with Crippen molar-refractivity contribution in [3.05, 3.63) is 52.0 Å². The van der Waals surface area contributed by atoms with E-state index in [2.05, 4.69) is 39.7 Å². The average molecular weight is 533 g/mol. The van der Waals surface area contributed by atoms with Gasteiger partial charge in [0, 0.05) is 22.6 Å². The Kier molecular flexibility index (Phi) is 9.84. The molecule has 0 saturated heterocycles. The summed E-state index contributed by atoms with van der Waals surface area (Å²) in [7, 11) is 0. The molecule has 0 bridgehead atoms. The number of carbonyl (C=O) groups is 1. The minimum atomic E-state index is -0.120. The van der Waals surface area contributed by atoms with Crippen LogP contribution < -0.4 is 9.64 Å². The van der Waals surface area contributed by atoms with E-state index in [1.54, 1.807) is 29.2 Å². The molecule has 5 nitrogen and oxygen atoms in total. The monoisotopic (exact) mass is 531 g/mol. The van der Waals surface area contributed by atoms with Crippen molar-refractivity contribution < 1.29 is 9.53 Å². The van der Waals surface area contributed by atoms with Crippen LogP contribution in [-0.4, -0.2) is 48.6 Å². The summed E-state index contributed by atoms with van der Waals surface area (Å²) in [6.45, 7) is 7.40. The van der Waals surface area contributed by atoms with E-state index in [9.17, 15) is 4.79 Å². The van der Waals surface area contributed by atoms with Crippen LogP contribution in [0.5, 0.6) is 5.75 Å². The van der Waals surface area contributed by atoms with Crippen LogP contribution in [0.3, 0.4) is 0 Å². The molecular formula is C21H24BrCl2N3O2S. The van der Waals surface area contributed by atoms with Crippen LogP contribution in [0, 0.1) is 0 Å². The number of halogens is 3. The van der Waals surface area contributed by atoms with Crippen LogP contribution in [-0.2, 0) is 4.79 Å². The number of carbonyl (C=O) groups excluding carboxylic acids is 1. The van der Waals surface area contributed by atoms with Crippen molar-refractivity contribution in [3.63, 3.8) is 0 Å². The van der Waals surface area contributed by atoms with Gasteiger partial charge in [-0.3, -0.25) is 9.69 Å². The quantitative estimate of drug-likeness (QED) is 0.345. The Hall–Kier alpha value is -1.38. The Morgan fingerprint density at radius 3 is 2.50 bits per heavy atom. The summed E-state index contributed by atoms with van der Waals surface area (Å²) >= 11 is 10.9. The molecule has 0 atom stereocenters. The molecule has 0 spiro atoms.